The Balaban J connectivity index is 1.97. The molecule has 0 saturated carbocycles. The molecule has 0 fully saturated rings. The molecule has 0 aliphatic heterocycles. The van der Waals surface area contributed by atoms with Gasteiger partial charge in [0.15, 0.2) is 0 Å². The van der Waals surface area contributed by atoms with Crippen molar-refractivity contribution in [1.29, 1.82) is 0 Å². The van der Waals surface area contributed by atoms with Gasteiger partial charge in [0, 0.05) is 21.3 Å². The van der Waals surface area contributed by atoms with E-state index in [1.165, 1.54) is 15.6 Å². The standard InChI is InChI=1S/C21H23BrN2O3S2/c1-5-24(29(26,27)17-9-6-15(22)7-10-17)16-8-11-18-14(12-16)13-19(28-18)20(25)23-21(2,3)4/h6-13H,5H2,1-4H3,(H,23,25). The average molecular weight is 495 g/mol. The van der Waals surface area contributed by atoms with Crippen molar-refractivity contribution in [3.05, 3.63) is 57.9 Å². The van der Waals surface area contributed by atoms with E-state index in [4.69, 9.17) is 0 Å². The maximum absolute atomic E-state index is 13.1. The summed E-state index contributed by atoms with van der Waals surface area (Å²) in [5.41, 5.74) is 0.249. The molecule has 0 unspecified atom stereocenters. The number of amides is 1. The number of carbonyl (C=O) groups is 1. The predicted octanol–water partition coefficient (Wildman–Crippen LogP) is 5.41. The molecule has 5 nitrogen and oxygen atoms in total. The number of carbonyl (C=O) groups excluding carboxylic acids is 1. The molecule has 0 atom stereocenters. The largest absolute Gasteiger partial charge is 0.347 e. The Morgan fingerprint density at radius 2 is 1.76 bits per heavy atom. The molecular weight excluding hydrogens is 472 g/mol. The molecule has 1 heterocycles. The van der Waals surface area contributed by atoms with Crippen LogP contribution in [-0.2, 0) is 10.0 Å². The third kappa shape index (κ3) is 4.82. The monoisotopic (exact) mass is 494 g/mol. The van der Waals surface area contributed by atoms with Crippen LogP contribution in [0.5, 0.6) is 0 Å². The molecule has 0 aliphatic carbocycles. The molecule has 0 aliphatic rings. The quantitative estimate of drug-likeness (QED) is 0.515. The Morgan fingerprint density at radius 1 is 1.10 bits per heavy atom. The van der Waals surface area contributed by atoms with E-state index in [-0.39, 0.29) is 16.3 Å². The van der Waals surface area contributed by atoms with Crippen molar-refractivity contribution in [1.82, 2.24) is 5.32 Å². The van der Waals surface area contributed by atoms with Crippen LogP contribution in [0.4, 0.5) is 5.69 Å². The number of anilines is 1. The molecule has 29 heavy (non-hydrogen) atoms. The lowest BCUT2D eigenvalue weighted by atomic mass is 10.1. The van der Waals surface area contributed by atoms with Gasteiger partial charge in [-0.2, -0.15) is 0 Å². The Bertz CT molecular complexity index is 1150. The summed E-state index contributed by atoms with van der Waals surface area (Å²) in [4.78, 5) is 13.3. The van der Waals surface area contributed by atoms with Gasteiger partial charge in [0.2, 0.25) is 0 Å². The second-order valence-corrected chi connectivity index (χ2v) is 11.5. The lowest BCUT2D eigenvalue weighted by Gasteiger charge is -2.23. The van der Waals surface area contributed by atoms with Gasteiger partial charge in [-0.05, 0) is 81.6 Å². The van der Waals surface area contributed by atoms with Gasteiger partial charge in [-0.15, -0.1) is 11.3 Å². The third-order valence-electron chi connectivity index (χ3n) is 4.19. The van der Waals surface area contributed by atoms with Crippen molar-refractivity contribution in [2.75, 3.05) is 10.8 Å². The van der Waals surface area contributed by atoms with Crippen molar-refractivity contribution in [3.63, 3.8) is 0 Å². The number of nitrogens with zero attached hydrogens (tertiary/aromatic N) is 1. The highest BCUT2D eigenvalue weighted by molar-refractivity contribution is 9.10. The maximum Gasteiger partial charge on any atom is 0.264 e. The van der Waals surface area contributed by atoms with E-state index in [9.17, 15) is 13.2 Å². The number of benzene rings is 2. The first-order valence-electron chi connectivity index (χ1n) is 9.16. The van der Waals surface area contributed by atoms with Crippen molar-refractivity contribution in [2.24, 2.45) is 0 Å². The fourth-order valence-corrected chi connectivity index (χ4v) is 5.59. The van der Waals surface area contributed by atoms with Gasteiger partial charge in [0.05, 0.1) is 15.5 Å². The van der Waals surface area contributed by atoms with Gasteiger partial charge in [-0.25, -0.2) is 8.42 Å². The molecule has 1 aromatic heterocycles. The van der Waals surface area contributed by atoms with E-state index in [0.29, 0.717) is 17.1 Å². The van der Waals surface area contributed by atoms with Crippen LogP contribution in [-0.4, -0.2) is 26.4 Å². The number of sulfonamides is 1. The Morgan fingerprint density at radius 3 is 2.34 bits per heavy atom. The normalized spacial score (nSPS) is 12.2. The molecule has 8 heteroatoms. The molecule has 3 aromatic rings. The molecule has 0 saturated heterocycles. The van der Waals surface area contributed by atoms with E-state index >= 15 is 0 Å². The fraction of sp³-hybridized carbons (Fsp3) is 0.286. The second kappa shape index (κ2) is 8.08. The number of fused-ring (bicyclic) bond motifs is 1. The molecule has 1 amide bonds. The average Bonchev–Trinajstić information content (AvgIpc) is 3.05. The maximum atomic E-state index is 13.1. The highest BCUT2D eigenvalue weighted by atomic mass is 79.9. The highest BCUT2D eigenvalue weighted by Crippen LogP contribution is 2.32. The van der Waals surface area contributed by atoms with Crippen LogP contribution in [0.15, 0.2) is 57.9 Å². The Labute approximate surface area is 183 Å². The minimum absolute atomic E-state index is 0.130. The summed E-state index contributed by atoms with van der Waals surface area (Å²) in [5, 5.41) is 3.80. The number of hydrogen-bond acceptors (Lipinski definition) is 4. The van der Waals surface area contributed by atoms with Crippen molar-refractivity contribution in [2.45, 2.75) is 38.1 Å². The number of nitrogens with one attached hydrogen (secondary N) is 1. The predicted molar refractivity (Wildman–Crippen MR) is 123 cm³/mol. The highest BCUT2D eigenvalue weighted by Gasteiger charge is 2.24. The van der Waals surface area contributed by atoms with E-state index in [1.54, 1.807) is 37.3 Å². The second-order valence-electron chi connectivity index (χ2n) is 7.66. The first-order valence-corrected chi connectivity index (χ1v) is 12.2. The molecule has 1 N–H and O–H groups in total. The summed E-state index contributed by atoms with van der Waals surface area (Å²) in [6.45, 7) is 7.90. The Hall–Kier alpha value is -1.90. The van der Waals surface area contributed by atoms with Gasteiger partial charge < -0.3 is 5.32 Å². The van der Waals surface area contributed by atoms with E-state index < -0.39 is 10.0 Å². The number of halogens is 1. The van der Waals surface area contributed by atoms with E-state index in [2.05, 4.69) is 21.2 Å². The zero-order valence-electron chi connectivity index (χ0n) is 16.7. The molecule has 0 spiro atoms. The first kappa shape index (κ1) is 21.8. The summed E-state index contributed by atoms with van der Waals surface area (Å²) in [6.07, 6.45) is 0. The van der Waals surface area contributed by atoms with Gasteiger partial charge in [0.25, 0.3) is 15.9 Å². The molecule has 154 valence electrons. The lowest BCUT2D eigenvalue weighted by Crippen LogP contribution is -2.40. The van der Waals surface area contributed by atoms with Gasteiger partial charge in [0.1, 0.15) is 0 Å². The number of rotatable bonds is 5. The molecule has 3 rings (SSSR count). The van der Waals surface area contributed by atoms with Crippen LogP contribution >= 0.6 is 27.3 Å². The summed E-state index contributed by atoms with van der Waals surface area (Å²) < 4.78 is 29.4. The summed E-state index contributed by atoms with van der Waals surface area (Å²) in [5.74, 6) is -0.130. The fourth-order valence-electron chi connectivity index (χ4n) is 2.93. The summed E-state index contributed by atoms with van der Waals surface area (Å²) in [7, 11) is -3.69. The van der Waals surface area contributed by atoms with Gasteiger partial charge >= 0.3 is 0 Å². The zero-order chi connectivity index (χ0) is 21.4. The molecule has 2 aromatic carbocycles. The first-order chi connectivity index (χ1) is 13.5. The third-order valence-corrected chi connectivity index (χ3v) is 7.75. The van der Waals surface area contributed by atoms with Crippen molar-refractivity contribution in [3.8, 4) is 0 Å². The molecule has 0 bridgehead atoms. The summed E-state index contributed by atoms with van der Waals surface area (Å²) >= 11 is 4.72. The smallest absolute Gasteiger partial charge is 0.264 e. The lowest BCUT2D eigenvalue weighted by molar-refractivity contribution is 0.0924. The summed E-state index contributed by atoms with van der Waals surface area (Å²) in [6, 6.07) is 13.9. The van der Waals surface area contributed by atoms with Crippen LogP contribution in [0, 0.1) is 0 Å². The van der Waals surface area contributed by atoms with Gasteiger partial charge in [-0.1, -0.05) is 15.9 Å². The van der Waals surface area contributed by atoms with Crippen LogP contribution in [0.1, 0.15) is 37.4 Å². The Kier molecular flexibility index (Phi) is 6.08. The molecular formula is C21H23BrN2O3S2. The van der Waals surface area contributed by atoms with Crippen molar-refractivity contribution < 1.29 is 13.2 Å². The minimum atomic E-state index is -3.69. The van der Waals surface area contributed by atoms with Crippen LogP contribution in [0.25, 0.3) is 10.1 Å². The SMILES string of the molecule is CCN(c1ccc2sc(C(=O)NC(C)(C)C)cc2c1)S(=O)(=O)c1ccc(Br)cc1. The van der Waals surface area contributed by atoms with E-state index in [0.717, 1.165) is 14.6 Å². The minimum Gasteiger partial charge on any atom is -0.347 e. The topological polar surface area (TPSA) is 66.5 Å². The van der Waals surface area contributed by atoms with Crippen LogP contribution in [0.2, 0.25) is 0 Å². The number of thiophene rings is 1. The van der Waals surface area contributed by atoms with E-state index in [1.807, 2.05) is 39.0 Å². The van der Waals surface area contributed by atoms with Crippen LogP contribution in [0.3, 0.4) is 0 Å². The zero-order valence-corrected chi connectivity index (χ0v) is 19.9. The van der Waals surface area contributed by atoms with Gasteiger partial charge in [-0.3, -0.25) is 9.10 Å². The number of hydrogen-bond donors (Lipinski definition) is 1. The van der Waals surface area contributed by atoms with Crippen molar-refractivity contribution >= 4 is 59.0 Å². The van der Waals surface area contributed by atoms with Crippen LogP contribution < -0.4 is 9.62 Å². The molecule has 0 radical (unpaired) electrons.